The lowest BCUT2D eigenvalue weighted by Gasteiger charge is -2.15. The molecule has 0 saturated heterocycles. The summed E-state index contributed by atoms with van der Waals surface area (Å²) in [5, 5.41) is 12.0. The molecule has 20 heavy (non-hydrogen) atoms. The molecule has 6 heteroatoms. The van der Waals surface area contributed by atoms with E-state index in [-0.39, 0.29) is 5.41 Å². The second-order valence-corrected chi connectivity index (χ2v) is 6.11. The molecular weight excluding hydrogens is 280 g/mol. The van der Waals surface area contributed by atoms with Gasteiger partial charge in [0.1, 0.15) is 11.7 Å². The maximum absolute atomic E-state index is 12.0. The van der Waals surface area contributed by atoms with Crippen LogP contribution < -0.4 is 5.32 Å². The number of nitrogens with zero attached hydrogens (tertiary/aromatic N) is 1. The number of allylic oxidation sites excluding steroid dienone is 1. The number of nitrogens with one attached hydrogen (secondary N) is 1. The van der Waals surface area contributed by atoms with E-state index < -0.39 is 17.9 Å². The number of aliphatic carboxylic acids is 1. The Morgan fingerprint density at radius 2 is 2.05 bits per heavy atom. The van der Waals surface area contributed by atoms with Crippen LogP contribution in [0.5, 0.6) is 0 Å². The Kier molecular flexibility index (Phi) is 5.00. The first-order valence-corrected chi connectivity index (χ1v) is 6.53. The maximum atomic E-state index is 12.0. The molecular formula is C14H19ClN2O3. The summed E-state index contributed by atoms with van der Waals surface area (Å²) in [5.74, 6) is -1.59. The van der Waals surface area contributed by atoms with Crippen molar-refractivity contribution in [1.82, 2.24) is 9.88 Å². The predicted molar refractivity (Wildman–Crippen MR) is 77.9 cm³/mol. The van der Waals surface area contributed by atoms with Crippen LogP contribution in [0.3, 0.4) is 0 Å². The van der Waals surface area contributed by atoms with Crippen LogP contribution >= 0.6 is 11.6 Å². The van der Waals surface area contributed by atoms with Gasteiger partial charge in [0.05, 0.1) is 5.02 Å². The van der Waals surface area contributed by atoms with Gasteiger partial charge in [-0.3, -0.25) is 4.79 Å². The molecule has 1 rings (SSSR count). The summed E-state index contributed by atoms with van der Waals surface area (Å²) in [6, 6.07) is 0.416. The van der Waals surface area contributed by atoms with Gasteiger partial charge in [0.15, 0.2) is 0 Å². The van der Waals surface area contributed by atoms with Crippen molar-refractivity contribution in [3.63, 3.8) is 0 Å². The van der Waals surface area contributed by atoms with Gasteiger partial charge in [-0.05, 0) is 11.5 Å². The predicted octanol–water partition coefficient (Wildman–Crippen LogP) is 2.46. The Morgan fingerprint density at radius 3 is 2.45 bits per heavy atom. The van der Waals surface area contributed by atoms with Crippen LogP contribution in [0, 0.1) is 5.41 Å². The largest absolute Gasteiger partial charge is 0.479 e. The van der Waals surface area contributed by atoms with Crippen molar-refractivity contribution in [2.75, 3.05) is 0 Å². The van der Waals surface area contributed by atoms with E-state index in [1.165, 1.54) is 12.1 Å². The van der Waals surface area contributed by atoms with E-state index in [1.54, 1.807) is 23.9 Å². The minimum absolute atomic E-state index is 0.160. The number of carbonyl (C=O) groups is 2. The lowest BCUT2D eigenvalue weighted by atomic mass is 9.95. The van der Waals surface area contributed by atoms with Gasteiger partial charge in [-0.1, -0.05) is 44.5 Å². The van der Waals surface area contributed by atoms with E-state index in [9.17, 15) is 9.59 Å². The first-order valence-electron chi connectivity index (χ1n) is 6.15. The van der Waals surface area contributed by atoms with Crippen LogP contribution in [0.4, 0.5) is 0 Å². The summed E-state index contributed by atoms with van der Waals surface area (Å²) < 4.78 is 1.55. The molecule has 0 spiro atoms. The number of amides is 1. The molecule has 1 atom stereocenters. The number of hydrogen-bond donors (Lipinski definition) is 2. The average Bonchev–Trinajstić information content (AvgIpc) is 2.61. The van der Waals surface area contributed by atoms with E-state index in [0.29, 0.717) is 10.7 Å². The minimum Gasteiger partial charge on any atom is -0.479 e. The molecule has 1 heterocycles. The molecule has 5 nitrogen and oxygen atoms in total. The van der Waals surface area contributed by atoms with Crippen molar-refractivity contribution in [2.45, 2.75) is 26.8 Å². The van der Waals surface area contributed by atoms with Crippen LogP contribution in [0.2, 0.25) is 5.02 Å². The van der Waals surface area contributed by atoms with Gasteiger partial charge in [-0.15, -0.1) is 0 Å². The van der Waals surface area contributed by atoms with E-state index in [2.05, 4.69) is 5.32 Å². The monoisotopic (exact) mass is 298 g/mol. The molecule has 110 valence electrons. The highest BCUT2D eigenvalue weighted by Crippen LogP contribution is 2.15. The van der Waals surface area contributed by atoms with Gasteiger partial charge < -0.3 is 15.0 Å². The summed E-state index contributed by atoms with van der Waals surface area (Å²) in [7, 11) is 1.67. The lowest BCUT2D eigenvalue weighted by Crippen LogP contribution is -2.40. The Balaban J connectivity index is 2.86. The second-order valence-electron chi connectivity index (χ2n) is 5.67. The number of halogens is 1. The van der Waals surface area contributed by atoms with Gasteiger partial charge in [-0.25, -0.2) is 4.79 Å². The zero-order valence-electron chi connectivity index (χ0n) is 12.0. The van der Waals surface area contributed by atoms with E-state index in [0.717, 1.165) is 0 Å². The molecule has 1 aromatic heterocycles. The standard InChI is InChI=1S/C14H19ClN2O3/c1-14(2,3)6-5-10(13(19)20)16-12(18)11-7-9(15)8-17(11)4/h5-8,10H,1-4H3,(H,16,18)(H,19,20). The van der Waals surface area contributed by atoms with Crippen LogP contribution in [-0.4, -0.2) is 27.6 Å². The van der Waals surface area contributed by atoms with Crippen molar-refractivity contribution in [3.8, 4) is 0 Å². The summed E-state index contributed by atoms with van der Waals surface area (Å²) in [6.45, 7) is 5.84. The third kappa shape index (κ3) is 4.74. The normalized spacial score (nSPS) is 13.4. The fraction of sp³-hybridized carbons (Fsp3) is 0.429. The van der Waals surface area contributed by atoms with Gasteiger partial charge in [0, 0.05) is 13.2 Å². The van der Waals surface area contributed by atoms with Crippen molar-refractivity contribution in [1.29, 1.82) is 0 Å². The zero-order chi connectivity index (χ0) is 15.5. The quantitative estimate of drug-likeness (QED) is 0.839. The lowest BCUT2D eigenvalue weighted by molar-refractivity contribution is -0.137. The molecule has 2 N–H and O–H groups in total. The number of aryl methyl sites for hydroxylation is 1. The third-order valence-electron chi connectivity index (χ3n) is 2.55. The average molecular weight is 299 g/mol. The number of carboxylic acid groups (broad SMARTS) is 1. The fourth-order valence-electron chi connectivity index (χ4n) is 1.54. The van der Waals surface area contributed by atoms with Crippen molar-refractivity contribution < 1.29 is 14.7 Å². The Bertz CT molecular complexity index is 541. The van der Waals surface area contributed by atoms with Crippen molar-refractivity contribution in [2.24, 2.45) is 12.5 Å². The van der Waals surface area contributed by atoms with E-state index >= 15 is 0 Å². The van der Waals surface area contributed by atoms with Crippen LogP contribution in [-0.2, 0) is 11.8 Å². The molecule has 1 unspecified atom stereocenters. The fourth-order valence-corrected chi connectivity index (χ4v) is 1.79. The van der Waals surface area contributed by atoms with Crippen molar-refractivity contribution in [3.05, 3.63) is 35.1 Å². The number of rotatable bonds is 4. The molecule has 0 aliphatic carbocycles. The number of aromatic nitrogens is 1. The molecule has 0 aromatic carbocycles. The van der Waals surface area contributed by atoms with Crippen molar-refractivity contribution >= 4 is 23.5 Å². The highest BCUT2D eigenvalue weighted by molar-refractivity contribution is 6.31. The zero-order valence-corrected chi connectivity index (χ0v) is 12.7. The van der Waals surface area contributed by atoms with E-state index in [1.807, 2.05) is 20.8 Å². The summed E-state index contributed by atoms with van der Waals surface area (Å²) in [4.78, 5) is 23.2. The second kappa shape index (κ2) is 6.13. The Hall–Kier alpha value is -1.75. The highest BCUT2D eigenvalue weighted by atomic mass is 35.5. The molecule has 0 aliphatic rings. The van der Waals surface area contributed by atoms with Crippen LogP contribution in [0.25, 0.3) is 0 Å². The molecule has 0 fully saturated rings. The smallest absolute Gasteiger partial charge is 0.330 e. The topological polar surface area (TPSA) is 71.3 Å². The number of carbonyl (C=O) groups excluding carboxylic acids is 1. The van der Waals surface area contributed by atoms with Crippen LogP contribution in [0.15, 0.2) is 24.4 Å². The molecule has 0 bridgehead atoms. The summed E-state index contributed by atoms with van der Waals surface area (Å²) in [6.07, 6.45) is 4.81. The first-order chi connectivity index (χ1) is 9.10. The maximum Gasteiger partial charge on any atom is 0.330 e. The summed E-state index contributed by atoms with van der Waals surface area (Å²) >= 11 is 5.80. The molecule has 0 aliphatic heterocycles. The van der Waals surface area contributed by atoms with Gasteiger partial charge >= 0.3 is 5.97 Å². The van der Waals surface area contributed by atoms with Crippen LogP contribution in [0.1, 0.15) is 31.3 Å². The molecule has 0 saturated carbocycles. The van der Waals surface area contributed by atoms with Gasteiger partial charge in [-0.2, -0.15) is 0 Å². The number of hydrogen-bond acceptors (Lipinski definition) is 2. The van der Waals surface area contributed by atoms with Gasteiger partial charge in [0.2, 0.25) is 0 Å². The van der Waals surface area contributed by atoms with E-state index in [4.69, 9.17) is 16.7 Å². The highest BCUT2D eigenvalue weighted by Gasteiger charge is 2.20. The summed E-state index contributed by atoms with van der Waals surface area (Å²) in [5.41, 5.74) is 0.151. The van der Waals surface area contributed by atoms with Gasteiger partial charge in [0.25, 0.3) is 5.91 Å². The minimum atomic E-state index is -1.11. The molecule has 0 radical (unpaired) electrons. The first kappa shape index (κ1) is 16.3. The Labute approximate surface area is 123 Å². The SMILES string of the molecule is Cn1cc(Cl)cc1C(=O)NC(C=CC(C)(C)C)C(=O)O. The molecule has 1 aromatic rings. The molecule has 1 amide bonds. The third-order valence-corrected chi connectivity index (χ3v) is 2.75. The Morgan fingerprint density at radius 1 is 1.45 bits per heavy atom. The number of carboxylic acids is 1.